The first-order chi connectivity index (χ1) is 9.74. The molecule has 0 aromatic heterocycles. The first kappa shape index (κ1) is 15.0. The van der Waals surface area contributed by atoms with Gasteiger partial charge in [-0.25, -0.2) is 0 Å². The lowest BCUT2D eigenvalue weighted by atomic mass is 10.0. The molecule has 0 bridgehead atoms. The lowest BCUT2D eigenvalue weighted by Crippen LogP contribution is -2.10. The minimum Gasteiger partial charge on any atom is -0.493 e. The second-order valence-corrected chi connectivity index (χ2v) is 5.35. The van der Waals surface area contributed by atoms with E-state index in [0.29, 0.717) is 5.75 Å². The SMILES string of the molecule is COc1cc(C)cc(OCCCC2CCNC2)c1OC. The maximum absolute atomic E-state index is 5.89. The quantitative estimate of drug-likeness (QED) is 0.779. The van der Waals surface area contributed by atoms with E-state index in [1.165, 1.54) is 12.8 Å². The summed E-state index contributed by atoms with van der Waals surface area (Å²) in [5, 5.41) is 3.39. The number of ether oxygens (including phenoxy) is 3. The van der Waals surface area contributed by atoms with E-state index in [-0.39, 0.29) is 0 Å². The minimum absolute atomic E-state index is 0.681. The first-order valence-electron chi connectivity index (χ1n) is 7.30. The van der Waals surface area contributed by atoms with Gasteiger partial charge in [0, 0.05) is 0 Å². The summed E-state index contributed by atoms with van der Waals surface area (Å²) in [4.78, 5) is 0. The Morgan fingerprint density at radius 2 is 2.00 bits per heavy atom. The van der Waals surface area contributed by atoms with Crippen molar-refractivity contribution in [3.05, 3.63) is 17.7 Å². The molecule has 20 heavy (non-hydrogen) atoms. The highest BCUT2D eigenvalue weighted by molar-refractivity contribution is 5.53. The summed E-state index contributed by atoms with van der Waals surface area (Å²) >= 11 is 0. The summed E-state index contributed by atoms with van der Waals surface area (Å²) in [7, 11) is 3.29. The van der Waals surface area contributed by atoms with Crippen LogP contribution in [-0.2, 0) is 0 Å². The fraction of sp³-hybridized carbons (Fsp3) is 0.625. The van der Waals surface area contributed by atoms with Gasteiger partial charge in [0.05, 0.1) is 20.8 Å². The van der Waals surface area contributed by atoms with Crippen molar-refractivity contribution in [1.29, 1.82) is 0 Å². The van der Waals surface area contributed by atoms with Gasteiger partial charge in [-0.05, 0) is 62.9 Å². The molecule has 1 aliphatic heterocycles. The zero-order chi connectivity index (χ0) is 14.4. The minimum atomic E-state index is 0.681. The molecule has 1 aromatic rings. The zero-order valence-corrected chi connectivity index (χ0v) is 12.7. The summed E-state index contributed by atoms with van der Waals surface area (Å²) in [5.41, 5.74) is 1.11. The van der Waals surface area contributed by atoms with Crippen LogP contribution in [0.2, 0.25) is 0 Å². The van der Waals surface area contributed by atoms with E-state index in [2.05, 4.69) is 5.32 Å². The van der Waals surface area contributed by atoms with Gasteiger partial charge in [0.2, 0.25) is 5.75 Å². The van der Waals surface area contributed by atoms with Gasteiger partial charge >= 0.3 is 0 Å². The molecule has 1 fully saturated rings. The molecule has 1 N–H and O–H groups in total. The van der Waals surface area contributed by atoms with Crippen LogP contribution in [0.1, 0.15) is 24.8 Å². The highest BCUT2D eigenvalue weighted by Crippen LogP contribution is 2.38. The molecule has 112 valence electrons. The highest BCUT2D eigenvalue weighted by atomic mass is 16.5. The van der Waals surface area contributed by atoms with E-state index < -0.39 is 0 Å². The summed E-state index contributed by atoms with van der Waals surface area (Å²) in [6, 6.07) is 3.95. The predicted molar refractivity (Wildman–Crippen MR) is 80.0 cm³/mol. The Hall–Kier alpha value is -1.42. The molecule has 4 heteroatoms. The number of benzene rings is 1. The van der Waals surface area contributed by atoms with E-state index in [1.54, 1.807) is 14.2 Å². The Morgan fingerprint density at radius 3 is 2.65 bits per heavy atom. The third-order valence-corrected chi connectivity index (χ3v) is 3.77. The van der Waals surface area contributed by atoms with E-state index in [0.717, 1.165) is 49.1 Å². The summed E-state index contributed by atoms with van der Waals surface area (Å²) in [6.07, 6.45) is 3.59. The molecule has 1 aliphatic rings. The molecular weight excluding hydrogens is 254 g/mol. The van der Waals surface area contributed by atoms with Crippen LogP contribution in [0.5, 0.6) is 17.2 Å². The van der Waals surface area contributed by atoms with E-state index >= 15 is 0 Å². The van der Waals surface area contributed by atoms with Crippen molar-refractivity contribution in [2.75, 3.05) is 33.9 Å². The van der Waals surface area contributed by atoms with Gasteiger partial charge in [-0.1, -0.05) is 0 Å². The Kier molecular flexibility index (Phi) is 5.53. The Labute approximate surface area is 121 Å². The van der Waals surface area contributed by atoms with Crippen molar-refractivity contribution < 1.29 is 14.2 Å². The van der Waals surface area contributed by atoms with Crippen molar-refractivity contribution in [1.82, 2.24) is 5.32 Å². The average Bonchev–Trinajstić information content (AvgIpc) is 2.96. The molecule has 0 aliphatic carbocycles. The summed E-state index contributed by atoms with van der Waals surface area (Å²) in [6.45, 7) is 5.06. The number of rotatable bonds is 7. The van der Waals surface area contributed by atoms with Gasteiger partial charge in [0.15, 0.2) is 11.5 Å². The standard InChI is InChI=1S/C16H25NO3/c1-12-9-14(18-2)16(19-3)15(10-12)20-8-4-5-13-6-7-17-11-13/h9-10,13,17H,4-8,11H2,1-3H3. The number of hydrogen-bond donors (Lipinski definition) is 1. The molecule has 0 radical (unpaired) electrons. The van der Waals surface area contributed by atoms with E-state index in [4.69, 9.17) is 14.2 Å². The van der Waals surface area contributed by atoms with Crippen LogP contribution in [0.25, 0.3) is 0 Å². The lowest BCUT2D eigenvalue weighted by Gasteiger charge is -2.15. The van der Waals surface area contributed by atoms with Gasteiger partial charge in [-0.3, -0.25) is 0 Å². The highest BCUT2D eigenvalue weighted by Gasteiger charge is 2.15. The van der Waals surface area contributed by atoms with Gasteiger partial charge in [-0.15, -0.1) is 0 Å². The topological polar surface area (TPSA) is 39.7 Å². The van der Waals surface area contributed by atoms with Crippen LogP contribution in [-0.4, -0.2) is 33.9 Å². The number of nitrogens with one attached hydrogen (secondary N) is 1. The molecule has 1 atom stereocenters. The lowest BCUT2D eigenvalue weighted by molar-refractivity contribution is 0.270. The van der Waals surface area contributed by atoms with Crippen LogP contribution in [0.4, 0.5) is 0 Å². The fourth-order valence-corrected chi connectivity index (χ4v) is 2.68. The molecule has 0 spiro atoms. The maximum Gasteiger partial charge on any atom is 0.203 e. The average molecular weight is 279 g/mol. The van der Waals surface area contributed by atoms with Crippen LogP contribution < -0.4 is 19.5 Å². The Morgan fingerprint density at radius 1 is 1.20 bits per heavy atom. The van der Waals surface area contributed by atoms with Crippen molar-refractivity contribution in [3.63, 3.8) is 0 Å². The monoisotopic (exact) mass is 279 g/mol. The van der Waals surface area contributed by atoms with Gasteiger partial charge in [-0.2, -0.15) is 0 Å². The van der Waals surface area contributed by atoms with Crippen LogP contribution >= 0.6 is 0 Å². The van der Waals surface area contributed by atoms with Gasteiger partial charge in [0.1, 0.15) is 0 Å². The number of aryl methyl sites for hydroxylation is 1. The number of hydrogen-bond acceptors (Lipinski definition) is 4. The second kappa shape index (κ2) is 7.39. The zero-order valence-electron chi connectivity index (χ0n) is 12.7. The first-order valence-corrected chi connectivity index (χ1v) is 7.30. The molecule has 1 unspecified atom stereocenters. The number of methoxy groups -OCH3 is 2. The Bertz CT molecular complexity index is 428. The molecule has 4 nitrogen and oxygen atoms in total. The summed E-state index contributed by atoms with van der Waals surface area (Å²) in [5.74, 6) is 2.99. The molecule has 0 saturated carbocycles. The molecule has 1 heterocycles. The van der Waals surface area contributed by atoms with Gasteiger partial charge in [0.25, 0.3) is 0 Å². The summed E-state index contributed by atoms with van der Waals surface area (Å²) < 4.78 is 16.6. The Balaban J connectivity index is 1.89. The molecule has 0 amide bonds. The van der Waals surface area contributed by atoms with Crippen LogP contribution in [0, 0.1) is 12.8 Å². The van der Waals surface area contributed by atoms with E-state index in [1.807, 2.05) is 19.1 Å². The van der Waals surface area contributed by atoms with Crippen molar-refractivity contribution >= 4 is 0 Å². The maximum atomic E-state index is 5.89. The van der Waals surface area contributed by atoms with Gasteiger partial charge < -0.3 is 19.5 Å². The predicted octanol–water partition coefficient (Wildman–Crippen LogP) is 2.78. The van der Waals surface area contributed by atoms with Crippen LogP contribution in [0.3, 0.4) is 0 Å². The molecular formula is C16H25NO3. The molecule has 1 aromatic carbocycles. The van der Waals surface area contributed by atoms with Crippen molar-refractivity contribution in [2.45, 2.75) is 26.2 Å². The second-order valence-electron chi connectivity index (χ2n) is 5.35. The van der Waals surface area contributed by atoms with E-state index in [9.17, 15) is 0 Å². The molecule has 1 saturated heterocycles. The van der Waals surface area contributed by atoms with Crippen molar-refractivity contribution in [3.8, 4) is 17.2 Å². The normalized spacial score (nSPS) is 18.1. The smallest absolute Gasteiger partial charge is 0.203 e. The molecule has 2 rings (SSSR count). The third kappa shape index (κ3) is 3.79. The third-order valence-electron chi connectivity index (χ3n) is 3.77. The van der Waals surface area contributed by atoms with Crippen molar-refractivity contribution in [2.24, 2.45) is 5.92 Å². The largest absolute Gasteiger partial charge is 0.493 e. The fourth-order valence-electron chi connectivity index (χ4n) is 2.68. The van der Waals surface area contributed by atoms with Crippen LogP contribution in [0.15, 0.2) is 12.1 Å².